The van der Waals surface area contributed by atoms with Crippen LogP contribution in [0.3, 0.4) is 0 Å². The number of nitrogens with one attached hydrogen (secondary N) is 1. The van der Waals surface area contributed by atoms with Gasteiger partial charge in [-0.2, -0.15) is 0 Å². The first-order valence-electron chi connectivity index (χ1n) is 9.49. The molecule has 1 aromatic rings. The SMILES string of the molecule is CN=C(NCC1CCN(Cc2cccs2)CC1)N(C)CC1CCOC1.I. The van der Waals surface area contributed by atoms with E-state index in [1.54, 1.807) is 0 Å². The fourth-order valence-corrected chi connectivity index (χ4v) is 4.54. The first-order chi connectivity index (χ1) is 12.2. The maximum atomic E-state index is 5.48. The van der Waals surface area contributed by atoms with E-state index in [4.69, 9.17) is 4.74 Å². The summed E-state index contributed by atoms with van der Waals surface area (Å²) in [7, 11) is 4.02. The van der Waals surface area contributed by atoms with Gasteiger partial charge in [-0.25, -0.2) is 0 Å². The molecule has 0 radical (unpaired) electrons. The van der Waals surface area contributed by atoms with Gasteiger partial charge in [0.1, 0.15) is 0 Å². The summed E-state index contributed by atoms with van der Waals surface area (Å²) in [6.45, 7) is 7.39. The Morgan fingerprint density at radius 1 is 1.35 bits per heavy atom. The maximum Gasteiger partial charge on any atom is 0.193 e. The highest BCUT2D eigenvalue weighted by Gasteiger charge is 2.22. The molecule has 3 heterocycles. The minimum Gasteiger partial charge on any atom is -0.381 e. The van der Waals surface area contributed by atoms with Crippen LogP contribution in [-0.4, -0.2) is 69.2 Å². The smallest absolute Gasteiger partial charge is 0.193 e. The van der Waals surface area contributed by atoms with E-state index >= 15 is 0 Å². The van der Waals surface area contributed by atoms with Gasteiger partial charge < -0.3 is 15.0 Å². The van der Waals surface area contributed by atoms with Gasteiger partial charge >= 0.3 is 0 Å². The van der Waals surface area contributed by atoms with Crippen molar-refractivity contribution in [3.8, 4) is 0 Å². The molecule has 148 valence electrons. The summed E-state index contributed by atoms with van der Waals surface area (Å²) in [4.78, 5) is 10.8. The van der Waals surface area contributed by atoms with Crippen molar-refractivity contribution < 1.29 is 4.74 Å². The summed E-state index contributed by atoms with van der Waals surface area (Å²) < 4.78 is 5.48. The third-order valence-corrected chi connectivity index (χ3v) is 6.21. The van der Waals surface area contributed by atoms with Gasteiger partial charge in [-0.15, -0.1) is 35.3 Å². The summed E-state index contributed by atoms with van der Waals surface area (Å²) in [6, 6.07) is 4.39. The van der Waals surface area contributed by atoms with Gasteiger partial charge in [0.15, 0.2) is 5.96 Å². The lowest BCUT2D eigenvalue weighted by Gasteiger charge is -2.33. The molecule has 0 aliphatic carbocycles. The lowest BCUT2D eigenvalue weighted by Crippen LogP contribution is -2.44. The molecule has 0 saturated carbocycles. The van der Waals surface area contributed by atoms with E-state index in [2.05, 4.69) is 44.7 Å². The maximum absolute atomic E-state index is 5.48. The van der Waals surface area contributed by atoms with E-state index in [9.17, 15) is 0 Å². The van der Waals surface area contributed by atoms with Crippen LogP contribution in [0, 0.1) is 11.8 Å². The molecule has 3 rings (SSSR count). The number of hydrogen-bond donors (Lipinski definition) is 1. The first kappa shape index (κ1) is 21.9. The molecule has 0 amide bonds. The van der Waals surface area contributed by atoms with Crippen molar-refractivity contribution in [2.45, 2.75) is 25.8 Å². The summed E-state index contributed by atoms with van der Waals surface area (Å²) in [6.07, 6.45) is 3.72. The van der Waals surface area contributed by atoms with E-state index in [-0.39, 0.29) is 24.0 Å². The number of nitrogens with zero attached hydrogens (tertiary/aromatic N) is 3. The second-order valence-corrected chi connectivity index (χ2v) is 8.37. The van der Waals surface area contributed by atoms with E-state index in [0.717, 1.165) is 44.7 Å². The number of aliphatic imine (C=N–C) groups is 1. The van der Waals surface area contributed by atoms with Gasteiger partial charge in [0.05, 0.1) is 6.61 Å². The summed E-state index contributed by atoms with van der Waals surface area (Å²) in [5, 5.41) is 5.76. The van der Waals surface area contributed by atoms with Crippen molar-refractivity contribution in [2.75, 3.05) is 53.5 Å². The van der Waals surface area contributed by atoms with E-state index < -0.39 is 0 Å². The molecule has 0 spiro atoms. The molecule has 1 unspecified atom stereocenters. The van der Waals surface area contributed by atoms with Crippen molar-refractivity contribution >= 4 is 41.3 Å². The van der Waals surface area contributed by atoms with Crippen LogP contribution >= 0.6 is 35.3 Å². The Bertz CT molecular complexity index is 526. The molecular weight excluding hydrogens is 459 g/mol. The average molecular weight is 492 g/mol. The second-order valence-electron chi connectivity index (χ2n) is 7.34. The number of hydrogen-bond acceptors (Lipinski definition) is 4. The minimum atomic E-state index is 0. The highest BCUT2D eigenvalue weighted by molar-refractivity contribution is 14.0. The molecule has 0 aromatic carbocycles. The van der Waals surface area contributed by atoms with Crippen LogP contribution in [0.2, 0.25) is 0 Å². The van der Waals surface area contributed by atoms with E-state index in [1.807, 2.05) is 18.4 Å². The number of guanidine groups is 1. The van der Waals surface area contributed by atoms with Crippen LogP contribution < -0.4 is 5.32 Å². The number of halogens is 1. The van der Waals surface area contributed by atoms with E-state index in [0.29, 0.717) is 5.92 Å². The lowest BCUT2D eigenvalue weighted by atomic mass is 9.97. The monoisotopic (exact) mass is 492 g/mol. The molecule has 2 fully saturated rings. The third-order valence-electron chi connectivity index (χ3n) is 5.34. The quantitative estimate of drug-likeness (QED) is 0.377. The fourth-order valence-electron chi connectivity index (χ4n) is 3.79. The van der Waals surface area contributed by atoms with Gasteiger partial charge in [0.25, 0.3) is 0 Å². The average Bonchev–Trinajstić information content (AvgIpc) is 3.31. The molecular formula is C19H33IN4OS. The zero-order valence-electron chi connectivity index (χ0n) is 16.0. The Morgan fingerprint density at radius 2 is 2.15 bits per heavy atom. The number of piperidine rings is 1. The van der Waals surface area contributed by atoms with Gasteiger partial charge in [0, 0.05) is 51.1 Å². The van der Waals surface area contributed by atoms with Gasteiger partial charge in [-0.05, 0) is 49.7 Å². The Balaban J connectivity index is 0.00000243. The van der Waals surface area contributed by atoms with Crippen molar-refractivity contribution in [3.63, 3.8) is 0 Å². The molecule has 2 aliphatic rings. The zero-order chi connectivity index (χ0) is 17.5. The van der Waals surface area contributed by atoms with E-state index in [1.165, 1.54) is 37.2 Å². The number of ether oxygens (including phenoxy) is 1. The molecule has 1 aromatic heterocycles. The normalized spacial score (nSPS) is 22.2. The van der Waals surface area contributed by atoms with Crippen LogP contribution in [0.5, 0.6) is 0 Å². The molecule has 2 saturated heterocycles. The standard InChI is InChI=1S/C19H32N4OS.HI/c1-20-19(22(2)13-17-7-10-24-15-17)21-12-16-5-8-23(9-6-16)14-18-4-3-11-25-18;/h3-4,11,16-17H,5-10,12-15H2,1-2H3,(H,20,21);1H. The van der Waals surface area contributed by atoms with Crippen LogP contribution in [0.4, 0.5) is 0 Å². The predicted molar refractivity (Wildman–Crippen MR) is 121 cm³/mol. The summed E-state index contributed by atoms with van der Waals surface area (Å²) in [5.41, 5.74) is 0. The fraction of sp³-hybridized carbons (Fsp3) is 0.737. The van der Waals surface area contributed by atoms with Crippen molar-refractivity contribution in [1.29, 1.82) is 0 Å². The lowest BCUT2D eigenvalue weighted by molar-refractivity contribution is 0.177. The second kappa shape index (κ2) is 11.5. The summed E-state index contributed by atoms with van der Waals surface area (Å²) in [5.74, 6) is 2.41. The Kier molecular flexibility index (Phi) is 9.66. The summed E-state index contributed by atoms with van der Waals surface area (Å²) >= 11 is 1.87. The molecule has 26 heavy (non-hydrogen) atoms. The topological polar surface area (TPSA) is 40.1 Å². The number of likely N-dealkylation sites (tertiary alicyclic amines) is 1. The van der Waals surface area contributed by atoms with Crippen LogP contribution in [0.1, 0.15) is 24.1 Å². The molecule has 2 aliphatic heterocycles. The number of rotatable bonds is 6. The van der Waals surface area contributed by atoms with Crippen molar-refractivity contribution in [1.82, 2.24) is 15.1 Å². The largest absolute Gasteiger partial charge is 0.381 e. The molecule has 1 atom stereocenters. The molecule has 0 bridgehead atoms. The van der Waals surface area contributed by atoms with Gasteiger partial charge in [0.2, 0.25) is 0 Å². The van der Waals surface area contributed by atoms with Gasteiger partial charge in [-0.1, -0.05) is 6.07 Å². The Labute approximate surface area is 179 Å². The van der Waals surface area contributed by atoms with Crippen molar-refractivity contribution in [2.24, 2.45) is 16.8 Å². The minimum absolute atomic E-state index is 0. The molecule has 1 N–H and O–H groups in total. The molecule has 7 heteroatoms. The predicted octanol–water partition coefficient (Wildman–Crippen LogP) is 3.12. The highest BCUT2D eigenvalue weighted by atomic mass is 127. The zero-order valence-corrected chi connectivity index (χ0v) is 19.2. The third kappa shape index (κ3) is 6.65. The van der Waals surface area contributed by atoms with Crippen LogP contribution in [0.15, 0.2) is 22.5 Å². The number of thiophene rings is 1. The Morgan fingerprint density at radius 3 is 2.77 bits per heavy atom. The first-order valence-corrected chi connectivity index (χ1v) is 10.4. The van der Waals surface area contributed by atoms with Gasteiger partial charge in [-0.3, -0.25) is 9.89 Å². The highest BCUT2D eigenvalue weighted by Crippen LogP contribution is 2.20. The van der Waals surface area contributed by atoms with Crippen LogP contribution in [0.25, 0.3) is 0 Å². The van der Waals surface area contributed by atoms with Crippen molar-refractivity contribution in [3.05, 3.63) is 22.4 Å². The van der Waals surface area contributed by atoms with Crippen LogP contribution in [-0.2, 0) is 11.3 Å². The Hall–Kier alpha value is -0.380. The molecule has 5 nitrogen and oxygen atoms in total.